The molecule has 3 aromatic rings. The van der Waals surface area contributed by atoms with Crippen LogP contribution in [0.5, 0.6) is 0 Å². The van der Waals surface area contributed by atoms with Crippen molar-refractivity contribution in [1.29, 1.82) is 0 Å². The first-order valence-corrected chi connectivity index (χ1v) is 13.9. The van der Waals surface area contributed by atoms with Crippen molar-refractivity contribution in [2.45, 2.75) is 32.5 Å². The maximum atomic E-state index is 13.8. The van der Waals surface area contributed by atoms with Crippen molar-refractivity contribution in [2.24, 2.45) is 0 Å². The lowest BCUT2D eigenvalue weighted by molar-refractivity contribution is -0.141. The van der Waals surface area contributed by atoms with Crippen molar-refractivity contribution in [2.75, 3.05) is 19.3 Å². The summed E-state index contributed by atoms with van der Waals surface area (Å²) in [7, 11) is -3.75. The van der Waals surface area contributed by atoms with Gasteiger partial charge in [-0.2, -0.15) is 4.31 Å². The summed E-state index contributed by atoms with van der Waals surface area (Å²) in [4.78, 5) is 28.4. The zero-order valence-corrected chi connectivity index (χ0v) is 21.8. The number of carbonyl (C=O) groups is 2. The summed E-state index contributed by atoms with van der Waals surface area (Å²) in [5.41, 5.74) is 2.20. The fraction of sp³-hybridized carbons (Fsp3) is 0.286. The number of halogens is 1. The van der Waals surface area contributed by atoms with E-state index >= 15 is 0 Å². The minimum Gasteiger partial charge on any atom is -0.355 e. The Morgan fingerprint density at radius 3 is 1.92 bits per heavy atom. The summed E-state index contributed by atoms with van der Waals surface area (Å²) in [6.07, 6.45) is 1.29. The molecule has 2 amide bonds. The van der Waals surface area contributed by atoms with Crippen molar-refractivity contribution in [3.63, 3.8) is 0 Å². The number of hydrogen-bond donors (Lipinski definition) is 1. The number of nitrogens with one attached hydrogen (secondary N) is 1. The van der Waals surface area contributed by atoms with E-state index in [2.05, 4.69) is 5.32 Å². The standard InChI is InChI=1S/C28H32FN3O4S/c1-3-30-28(34)26(18-22-10-6-4-7-11-22)32(20-24-14-16-25(29)17-15-24)27(33)21-31(37(2,35)36)19-23-12-8-5-9-13-23/h4-17,26H,3,18-21H2,1-2H3,(H,30,34). The highest BCUT2D eigenvalue weighted by Crippen LogP contribution is 2.17. The van der Waals surface area contributed by atoms with Crippen molar-refractivity contribution in [3.8, 4) is 0 Å². The van der Waals surface area contributed by atoms with Crippen molar-refractivity contribution < 1.29 is 22.4 Å². The number of benzene rings is 3. The van der Waals surface area contributed by atoms with Crippen molar-refractivity contribution in [3.05, 3.63) is 107 Å². The van der Waals surface area contributed by atoms with Crippen LogP contribution in [0.1, 0.15) is 23.6 Å². The quantitative estimate of drug-likeness (QED) is 0.393. The van der Waals surface area contributed by atoms with Crippen LogP contribution in [0.25, 0.3) is 0 Å². The second-order valence-corrected chi connectivity index (χ2v) is 10.7. The van der Waals surface area contributed by atoms with E-state index in [1.54, 1.807) is 43.3 Å². The average molecular weight is 526 g/mol. The molecule has 1 atom stereocenters. The number of amides is 2. The summed E-state index contributed by atoms with van der Waals surface area (Å²) < 4.78 is 39.9. The fourth-order valence-corrected chi connectivity index (χ4v) is 4.68. The minimum absolute atomic E-state index is 0.0106. The topological polar surface area (TPSA) is 86.8 Å². The summed E-state index contributed by atoms with van der Waals surface area (Å²) in [5, 5.41) is 2.79. The van der Waals surface area contributed by atoms with Gasteiger partial charge >= 0.3 is 0 Å². The van der Waals surface area contributed by atoms with Crippen LogP contribution in [-0.4, -0.2) is 54.8 Å². The molecule has 3 rings (SSSR count). The van der Waals surface area contributed by atoms with E-state index in [1.807, 2.05) is 36.4 Å². The van der Waals surface area contributed by atoms with Gasteiger partial charge in [0.05, 0.1) is 12.8 Å². The van der Waals surface area contributed by atoms with E-state index in [0.29, 0.717) is 12.1 Å². The number of carbonyl (C=O) groups excluding carboxylic acids is 2. The summed E-state index contributed by atoms with van der Waals surface area (Å²) in [5.74, 6) is -1.30. The molecule has 3 aromatic carbocycles. The molecule has 196 valence electrons. The fourth-order valence-electron chi connectivity index (χ4n) is 3.95. The minimum atomic E-state index is -3.75. The third-order valence-corrected chi connectivity index (χ3v) is 7.07. The predicted molar refractivity (Wildman–Crippen MR) is 141 cm³/mol. The molecule has 9 heteroatoms. The van der Waals surface area contributed by atoms with E-state index in [-0.39, 0.29) is 25.4 Å². The summed E-state index contributed by atoms with van der Waals surface area (Å²) in [6, 6.07) is 23.0. The van der Waals surface area contributed by atoms with Gasteiger partial charge in [-0.25, -0.2) is 12.8 Å². The first-order chi connectivity index (χ1) is 17.7. The Balaban J connectivity index is 1.97. The van der Waals surface area contributed by atoms with Gasteiger partial charge in [0.15, 0.2) is 0 Å². The van der Waals surface area contributed by atoms with Crippen LogP contribution in [0, 0.1) is 5.82 Å². The number of rotatable bonds is 12. The molecular weight excluding hydrogens is 493 g/mol. The van der Waals surface area contributed by atoms with Gasteiger partial charge in [-0.3, -0.25) is 9.59 Å². The molecule has 37 heavy (non-hydrogen) atoms. The van der Waals surface area contributed by atoms with Gasteiger partial charge in [0.1, 0.15) is 11.9 Å². The number of likely N-dealkylation sites (N-methyl/N-ethyl adjacent to an activating group) is 1. The lowest BCUT2D eigenvalue weighted by Crippen LogP contribution is -2.53. The number of sulfonamides is 1. The molecule has 0 aliphatic rings. The van der Waals surface area contributed by atoms with Gasteiger partial charge in [0, 0.05) is 26.1 Å². The molecule has 0 saturated carbocycles. The van der Waals surface area contributed by atoms with E-state index in [0.717, 1.165) is 21.7 Å². The van der Waals surface area contributed by atoms with E-state index in [4.69, 9.17) is 0 Å². The van der Waals surface area contributed by atoms with Crippen LogP contribution in [0.15, 0.2) is 84.9 Å². The lowest BCUT2D eigenvalue weighted by Gasteiger charge is -2.33. The van der Waals surface area contributed by atoms with Crippen LogP contribution in [0.3, 0.4) is 0 Å². The third kappa shape index (κ3) is 8.51. The third-order valence-electron chi connectivity index (χ3n) is 5.87. The van der Waals surface area contributed by atoms with Crippen LogP contribution in [-0.2, 0) is 39.1 Å². The molecule has 0 radical (unpaired) electrons. The molecule has 0 fully saturated rings. The molecule has 0 heterocycles. The Kier molecular flexibility index (Phi) is 9.93. The Bertz CT molecular complexity index is 1270. The highest BCUT2D eigenvalue weighted by Gasteiger charge is 2.32. The van der Waals surface area contributed by atoms with Crippen LogP contribution in [0.4, 0.5) is 4.39 Å². The Hall–Kier alpha value is -3.56. The monoisotopic (exact) mass is 525 g/mol. The van der Waals surface area contributed by atoms with Crippen LogP contribution >= 0.6 is 0 Å². The SMILES string of the molecule is CCNC(=O)C(Cc1ccccc1)N(Cc1ccc(F)cc1)C(=O)CN(Cc1ccccc1)S(C)(=O)=O. The maximum Gasteiger partial charge on any atom is 0.243 e. The van der Waals surface area contributed by atoms with E-state index in [9.17, 15) is 22.4 Å². The van der Waals surface area contributed by atoms with Gasteiger partial charge in [-0.05, 0) is 35.7 Å². The van der Waals surface area contributed by atoms with Gasteiger partial charge in [0.2, 0.25) is 21.8 Å². The second kappa shape index (κ2) is 13.1. The molecule has 7 nitrogen and oxygen atoms in total. The van der Waals surface area contributed by atoms with Crippen LogP contribution < -0.4 is 5.32 Å². The molecule has 0 saturated heterocycles. The molecule has 1 unspecified atom stereocenters. The van der Waals surface area contributed by atoms with Crippen LogP contribution in [0.2, 0.25) is 0 Å². The highest BCUT2D eigenvalue weighted by molar-refractivity contribution is 7.88. The Morgan fingerprint density at radius 2 is 1.38 bits per heavy atom. The van der Waals surface area contributed by atoms with Crippen molar-refractivity contribution >= 4 is 21.8 Å². The molecule has 0 aliphatic carbocycles. The molecule has 0 aliphatic heterocycles. The van der Waals surface area contributed by atoms with Gasteiger partial charge in [0.25, 0.3) is 0 Å². The Morgan fingerprint density at radius 1 is 0.838 bits per heavy atom. The molecule has 0 bridgehead atoms. The highest BCUT2D eigenvalue weighted by atomic mass is 32.2. The average Bonchev–Trinajstić information content (AvgIpc) is 2.87. The maximum absolute atomic E-state index is 13.8. The second-order valence-electron chi connectivity index (χ2n) is 8.76. The molecule has 0 aromatic heterocycles. The zero-order valence-electron chi connectivity index (χ0n) is 21.0. The number of nitrogens with zero attached hydrogens (tertiary/aromatic N) is 2. The molecular formula is C28H32FN3O4S. The zero-order chi connectivity index (χ0) is 26.8. The van der Waals surface area contributed by atoms with E-state index < -0.39 is 34.3 Å². The predicted octanol–water partition coefficient (Wildman–Crippen LogP) is 3.36. The van der Waals surface area contributed by atoms with Gasteiger partial charge in [-0.1, -0.05) is 72.8 Å². The Labute approximate surface area is 218 Å². The van der Waals surface area contributed by atoms with Gasteiger partial charge < -0.3 is 10.2 Å². The van der Waals surface area contributed by atoms with Crippen molar-refractivity contribution in [1.82, 2.24) is 14.5 Å². The first-order valence-electron chi connectivity index (χ1n) is 12.0. The molecule has 1 N–H and O–H groups in total. The molecule has 0 spiro atoms. The van der Waals surface area contributed by atoms with E-state index in [1.165, 1.54) is 17.0 Å². The summed E-state index contributed by atoms with van der Waals surface area (Å²) >= 11 is 0. The largest absolute Gasteiger partial charge is 0.355 e. The van der Waals surface area contributed by atoms with Gasteiger partial charge in [-0.15, -0.1) is 0 Å². The lowest BCUT2D eigenvalue weighted by atomic mass is 10.0. The number of hydrogen-bond acceptors (Lipinski definition) is 4. The smallest absolute Gasteiger partial charge is 0.243 e. The normalized spacial score (nSPS) is 12.2. The first kappa shape index (κ1) is 28.0. The summed E-state index contributed by atoms with van der Waals surface area (Å²) in [6.45, 7) is 1.73.